The van der Waals surface area contributed by atoms with Crippen molar-refractivity contribution in [2.24, 2.45) is 0 Å². The zero-order valence-electron chi connectivity index (χ0n) is 18.0. The fourth-order valence-corrected chi connectivity index (χ4v) is 5.12. The van der Waals surface area contributed by atoms with E-state index >= 15 is 0 Å². The topological polar surface area (TPSA) is 65.4 Å². The number of thiophene rings is 1. The SMILES string of the molecule is CCOc1ccc(CC(=O)Nc2sc3c(c2C#N)CCN(Cc2ccccc2)C3)cc1.Cl. The van der Waals surface area contributed by atoms with Crippen molar-refractivity contribution in [3.8, 4) is 11.8 Å². The van der Waals surface area contributed by atoms with Crippen LogP contribution in [0, 0.1) is 11.3 Å². The first-order valence-electron chi connectivity index (χ1n) is 10.5. The summed E-state index contributed by atoms with van der Waals surface area (Å²) in [5.41, 5.74) is 3.91. The maximum Gasteiger partial charge on any atom is 0.229 e. The average molecular weight is 468 g/mol. The highest BCUT2D eigenvalue weighted by molar-refractivity contribution is 7.16. The highest BCUT2D eigenvalue weighted by Crippen LogP contribution is 2.37. The number of carbonyl (C=O) groups excluding carboxylic acids is 1. The van der Waals surface area contributed by atoms with Gasteiger partial charge >= 0.3 is 0 Å². The van der Waals surface area contributed by atoms with Crippen molar-refractivity contribution in [2.45, 2.75) is 32.9 Å². The van der Waals surface area contributed by atoms with Crippen LogP contribution in [-0.2, 0) is 30.7 Å². The minimum Gasteiger partial charge on any atom is -0.494 e. The van der Waals surface area contributed by atoms with E-state index in [1.54, 1.807) is 0 Å². The first kappa shape index (κ1) is 23.8. The Bertz CT molecular complexity index is 1090. The number of carbonyl (C=O) groups is 1. The van der Waals surface area contributed by atoms with E-state index in [2.05, 4.69) is 40.6 Å². The molecular weight excluding hydrogens is 442 g/mol. The maximum absolute atomic E-state index is 12.6. The quantitative estimate of drug-likeness (QED) is 0.520. The molecule has 0 saturated carbocycles. The monoisotopic (exact) mass is 467 g/mol. The molecule has 0 aliphatic carbocycles. The second kappa shape index (κ2) is 11.1. The van der Waals surface area contributed by atoms with Crippen molar-refractivity contribution < 1.29 is 9.53 Å². The summed E-state index contributed by atoms with van der Waals surface area (Å²) in [6.07, 6.45) is 1.09. The second-order valence-corrected chi connectivity index (χ2v) is 8.67. The fourth-order valence-electron chi connectivity index (χ4n) is 3.87. The van der Waals surface area contributed by atoms with Crippen LogP contribution in [-0.4, -0.2) is 24.0 Å². The molecule has 1 N–H and O–H groups in total. The van der Waals surface area contributed by atoms with Crippen molar-refractivity contribution in [3.05, 3.63) is 81.7 Å². The molecule has 1 aromatic heterocycles. The first-order chi connectivity index (χ1) is 15.2. The molecule has 0 saturated heterocycles. The summed E-state index contributed by atoms with van der Waals surface area (Å²) in [6, 6.07) is 20.3. The zero-order chi connectivity index (χ0) is 21.6. The third-order valence-electron chi connectivity index (χ3n) is 5.35. The van der Waals surface area contributed by atoms with E-state index in [1.165, 1.54) is 21.8 Å². The molecule has 1 aliphatic heterocycles. The molecule has 166 valence electrons. The van der Waals surface area contributed by atoms with Gasteiger partial charge < -0.3 is 10.1 Å². The number of anilines is 1. The lowest BCUT2D eigenvalue weighted by molar-refractivity contribution is -0.115. The number of hydrogen-bond acceptors (Lipinski definition) is 5. The van der Waals surface area contributed by atoms with Gasteiger partial charge in [0.25, 0.3) is 0 Å². The molecule has 0 fully saturated rings. The molecule has 0 atom stereocenters. The maximum atomic E-state index is 12.6. The summed E-state index contributed by atoms with van der Waals surface area (Å²) < 4.78 is 5.45. The van der Waals surface area contributed by atoms with Crippen LogP contribution >= 0.6 is 23.7 Å². The number of nitrogens with one attached hydrogen (secondary N) is 1. The van der Waals surface area contributed by atoms with E-state index < -0.39 is 0 Å². The van der Waals surface area contributed by atoms with E-state index in [0.29, 0.717) is 17.2 Å². The third kappa shape index (κ3) is 5.68. The smallest absolute Gasteiger partial charge is 0.229 e. The number of hydrogen-bond donors (Lipinski definition) is 1. The van der Waals surface area contributed by atoms with Gasteiger partial charge in [-0.25, -0.2) is 0 Å². The molecule has 7 heteroatoms. The molecule has 5 nitrogen and oxygen atoms in total. The molecule has 2 heterocycles. The number of nitrogens with zero attached hydrogens (tertiary/aromatic N) is 2. The third-order valence-corrected chi connectivity index (χ3v) is 6.48. The summed E-state index contributed by atoms with van der Waals surface area (Å²) in [5.74, 6) is 0.685. The molecule has 2 aromatic carbocycles. The minimum absolute atomic E-state index is 0. The van der Waals surface area contributed by atoms with Crippen LogP contribution in [0.4, 0.5) is 5.00 Å². The van der Waals surface area contributed by atoms with Gasteiger partial charge in [-0.05, 0) is 42.2 Å². The average Bonchev–Trinajstić information content (AvgIpc) is 3.12. The molecule has 32 heavy (non-hydrogen) atoms. The Labute approximate surface area is 199 Å². The number of ether oxygens (including phenoxy) is 1. The molecule has 3 aromatic rings. The van der Waals surface area contributed by atoms with Crippen molar-refractivity contribution in [1.82, 2.24) is 4.90 Å². The highest BCUT2D eigenvalue weighted by atomic mass is 35.5. The Kier molecular flexibility index (Phi) is 8.29. The van der Waals surface area contributed by atoms with E-state index in [1.807, 2.05) is 37.3 Å². The van der Waals surface area contributed by atoms with Gasteiger partial charge in [0.1, 0.15) is 16.8 Å². The molecule has 0 bridgehead atoms. The van der Waals surface area contributed by atoms with Gasteiger partial charge in [-0.2, -0.15) is 5.26 Å². The molecule has 0 radical (unpaired) electrons. The Balaban J connectivity index is 0.00000289. The number of benzene rings is 2. The number of halogens is 1. The van der Waals surface area contributed by atoms with Crippen molar-refractivity contribution in [3.63, 3.8) is 0 Å². The van der Waals surface area contributed by atoms with E-state index in [-0.39, 0.29) is 24.7 Å². The van der Waals surface area contributed by atoms with Crippen LogP contribution in [0.25, 0.3) is 0 Å². The number of nitriles is 1. The van der Waals surface area contributed by atoms with Gasteiger partial charge in [0.15, 0.2) is 0 Å². The first-order valence-corrected chi connectivity index (χ1v) is 11.3. The van der Waals surface area contributed by atoms with E-state index in [9.17, 15) is 10.1 Å². The summed E-state index contributed by atoms with van der Waals surface area (Å²) in [6.45, 7) is 5.16. The summed E-state index contributed by atoms with van der Waals surface area (Å²) in [4.78, 5) is 16.2. The number of fused-ring (bicyclic) bond motifs is 1. The van der Waals surface area contributed by atoms with Gasteiger partial charge in [-0.1, -0.05) is 42.5 Å². The Morgan fingerprint density at radius 3 is 2.59 bits per heavy atom. The normalized spacial score (nSPS) is 12.9. The standard InChI is InChI=1S/C25H25N3O2S.ClH/c1-2-30-20-10-8-18(9-11-20)14-24(29)27-25-22(15-26)21-12-13-28(17-23(21)31-25)16-19-6-4-3-5-7-19;/h3-11H,2,12-14,16-17H2,1H3,(H,27,29);1H. The molecule has 0 spiro atoms. The van der Waals surface area contributed by atoms with Crippen LogP contribution in [0.15, 0.2) is 54.6 Å². The summed E-state index contributed by atoms with van der Waals surface area (Å²) >= 11 is 1.53. The Hall–Kier alpha value is -2.85. The Morgan fingerprint density at radius 2 is 1.91 bits per heavy atom. The largest absolute Gasteiger partial charge is 0.494 e. The second-order valence-electron chi connectivity index (χ2n) is 7.57. The number of rotatable bonds is 7. The lowest BCUT2D eigenvalue weighted by Gasteiger charge is -2.26. The van der Waals surface area contributed by atoms with Crippen LogP contribution in [0.3, 0.4) is 0 Å². The molecule has 1 aliphatic rings. The molecule has 4 rings (SSSR count). The summed E-state index contributed by atoms with van der Waals surface area (Å²) in [5, 5.41) is 13.4. The lowest BCUT2D eigenvalue weighted by atomic mass is 10.0. The van der Waals surface area contributed by atoms with E-state index in [4.69, 9.17) is 4.74 Å². The number of amides is 1. The van der Waals surface area contributed by atoms with Crippen LogP contribution in [0.1, 0.15) is 34.1 Å². The van der Waals surface area contributed by atoms with Crippen molar-refractivity contribution in [2.75, 3.05) is 18.5 Å². The fraction of sp³-hybridized carbons (Fsp3) is 0.280. The molecule has 1 amide bonds. The van der Waals surface area contributed by atoms with Gasteiger partial charge in [0.2, 0.25) is 5.91 Å². The lowest BCUT2D eigenvalue weighted by Crippen LogP contribution is -2.29. The van der Waals surface area contributed by atoms with Crippen molar-refractivity contribution >= 4 is 34.7 Å². The van der Waals surface area contributed by atoms with Gasteiger partial charge in [0, 0.05) is 24.5 Å². The molecular formula is C25H26ClN3O2S. The van der Waals surface area contributed by atoms with Gasteiger partial charge in [-0.3, -0.25) is 9.69 Å². The van der Waals surface area contributed by atoms with Crippen LogP contribution in [0.5, 0.6) is 5.75 Å². The predicted molar refractivity (Wildman–Crippen MR) is 130 cm³/mol. The van der Waals surface area contributed by atoms with Gasteiger partial charge in [-0.15, -0.1) is 23.7 Å². The zero-order valence-corrected chi connectivity index (χ0v) is 19.6. The Morgan fingerprint density at radius 1 is 1.16 bits per heavy atom. The summed E-state index contributed by atoms with van der Waals surface area (Å²) in [7, 11) is 0. The minimum atomic E-state index is -0.111. The van der Waals surface area contributed by atoms with Crippen molar-refractivity contribution in [1.29, 1.82) is 5.26 Å². The highest BCUT2D eigenvalue weighted by Gasteiger charge is 2.25. The molecule has 0 unspecified atom stereocenters. The van der Waals surface area contributed by atoms with E-state index in [0.717, 1.165) is 42.9 Å². The van der Waals surface area contributed by atoms with Crippen LogP contribution in [0.2, 0.25) is 0 Å². The predicted octanol–water partition coefficient (Wildman–Crippen LogP) is 5.18. The van der Waals surface area contributed by atoms with Crippen LogP contribution < -0.4 is 10.1 Å². The van der Waals surface area contributed by atoms with Gasteiger partial charge in [0.05, 0.1) is 18.6 Å².